The SMILES string of the molecule is CCN(CCC#N)C(=O)c1ccc(F)c(OC)c1. The van der Waals surface area contributed by atoms with Crippen molar-refractivity contribution in [3.8, 4) is 11.8 Å². The van der Waals surface area contributed by atoms with E-state index in [9.17, 15) is 9.18 Å². The highest BCUT2D eigenvalue weighted by molar-refractivity contribution is 5.94. The Hall–Kier alpha value is -2.09. The van der Waals surface area contributed by atoms with Gasteiger partial charge in [-0.2, -0.15) is 5.26 Å². The zero-order chi connectivity index (χ0) is 13.5. The number of nitriles is 1. The standard InChI is InChI=1S/C13H15FN2O2/c1-3-16(8-4-7-15)13(17)10-5-6-11(14)12(9-10)18-2/h5-6,9H,3-4,8H2,1-2H3. The van der Waals surface area contributed by atoms with Crippen molar-refractivity contribution in [3.05, 3.63) is 29.6 Å². The highest BCUT2D eigenvalue weighted by atomic mass is 19.1. The van der Waals surface area contributed by atoms with Crippen LogP contribution in [0.3, 0.4) is 0 Å². The Labute approximate surface area is 106 Å². The number of methoxy groups -OCH3 is 1. The van der Waals surface area contributed by atoms with E-state index in [1.165, 1.54) is 30.2 Å². The smallest absolute Gasteiger partial charge is 0.254 e. The molecule has 0 atom stereocenters. The van der Waals surface area contributed by atoms with Crippen LogP contribution in [0.15, 0.2) is 18.2 Å². The monoisotopic (exact) mass is 250 g/mol. The second-order valence-electron chi connectivity index (χ2n) is 3.64. The van der Waals surface area contributed by atoms with Crippen molar-refractivity contribution in [1.82, 2.24) is 4.90 Å². The summed E-state index contributed by atoms with van der Waals surface area (Å²) in [4.78, 5) is 13.6. The summed E-state index contributed by atoms with van der Waals surface area (Å²) in [5.41, 5.74) is 0.355. The van der Waals surface area contributed by atoms with Gasteiger partial charge < -0.3 is 9.64 Å². The molecule has 0 N–H and O–H groups in total. The Balaban J connectivity index is 2.91. The first-order chi connectivity index (χ1) is 8.63. The molecule has 0 saturated carbocycles. The number of hydrogen-bond acceptors (Lipinski definition) is 3. The normalized spacial score (nSPS) is 9.67. The number of carbonyl (C=O) groups is 1. The molecular formula is C13H15FN2O2. The van der Waals surface area contributed by atoms with E-state index >= 15 is 0 Å². The van der Waals surface area contributed by atoms with Crippen molar-refractivity contribution in [1.29, 1.82) is 5.26 Å². The Kier molecular flexibility index (Phi) is 5.12. The molecule has 4 nitrogen and oxygen atoms in total. The van der Waals surface area contributed by atoms with E-state index in [0.717, 1.165) is 0 Å². The Morgan fingerprint density at radius 2 is 2.28 bits per heavy atom. The zero-order valence-electron chi connectivity index (χ0n) is 10.4. The van der Waals surface area contributed by atoms with Crippen LogP contribution in [-0.2, 0) is 0 Å². The van der Waals surface area contributed by atoms with Crippen LogP contribution in [-0.4, -0.2) is 31.0 Å². The van der Waals surface area contributed by atoms with Gasteiger partial charge in [0.05, 0.1) is 19.6 Å². The number of benzene rings is 1. The number of amides is 1. The maximum Gasteiger partial charge on any atom is 0.254 e. The van der Waals surface area contributed by atoms with Crippen molar-refractivity contribution >= 4 is 5.91 Å². The Bertz CT molecular complexity index is 469. The van der Waals surface area contributed by atoms with Gasteiger partial charge in [-0.05, 0) is 25.1 Å². The molecule has 0 bridgehead atoms. The van der Waals surface area contributed by atoms with Crippen LogP contribution in [0.1, 0.15) is 23.7 Å². The lowest BCUT2D eigenvalue weighted by Crippen LogP contribution is -2.31. The highest BCUT2D eigenvalue weighted by Gasteiger charge is 2.15. The van der Waals surface area contributed by atoms with Crippen LogP contribution in [0.2, 0.25) is 0 Å². The minimum absolute atomic E-state index is 0.0391. The van der Waals surface area contributed by atoms with Gasteiger partial charge in [0, 0.05) is 18.7 Å². The van der Waals surface area contributed by atoms with Crippen LogP contribution < -0.4 is 4.74 Å². The van der Waals surface area contributed by atoms with Crippen LogP contribution in [0, 0.1) is 17.1 Å². The van der Waals surface area contributed by atoms with Crippen LogP contribution in [0.25, 0.3) is 0 Å². The topological polar surface area (TPSA) is 53.3 Å². The molecule has 0 heterocycles. The lowest BCUT2D eigenvalue weighted by Gasteiger charge is -2.19. The average molecular weight is 250 g/mol. The molecule has 0 aliphatic heterocycles. The van der Waals surface area contributed by atoms with Gasteiger partial charge in [-0.15, -0.1) is 0 Å². The van der Waals surface area contributed by atoms with Crippen LogP contribution in [0.4, 0.5) is 4.39 Å². The highest BCUT2D eigenvalue weighted by Crippen LogP contribution is 2.19. The minimum Gasteiger partial charge on any atom is -0.494 e. The summed E-state index contributed by atoms with van der Waals surface area (Å²) in [6.07, 6.45) is 0.276. The number of nitrogens with zero attached hydrogens (tertiary/aromatic N) is 2. The molecule has 0 fully saturated rings. The fraction of sp³-hybridized carbons (Fsp3) is 0.385. The molecule has 18 heavy (non-hydrogen) atoms. The number of carbonyl (C=O) groups excluding carboxylic acids is 1. The zero-order valence-corrected chi connectivity index (χ0v) is 10.4. The molecule has 1 aromatic carbocycles. The molecule has 0 saturated heterocycles. The maximum absolute atomic E-state index is 13.2. The average Bonchev–Trinajstić information content (AvgIpc) is 2.40. The fourth-order valence-electron chi connectivity index (χ4n) is 1.56. The summed E-state index contributed by atoms with van der Waals surface area (Å²) < 4.78 is 18.1. The number of hydrogen-bond donors (Lipinski definition) is 0. The third-order valence-electron chi connectivity index (χ3n) is 2.56. The first kappa shape index (κ1) is 14.0. The molecule has 0 spiro atoms. The summed E-state index contributed by atoms with van der Waals surface area (Å²) in [6.45, 7) is 2.70. The maximum atomic E-state index is 13.2. The quantitative estimate of drug-likeness (QED) is 0.805. The van der Waals surface area contributed by atoms with E-state index in [1.54, 1.807) is 0 Å². The molecule has 0 aliphatic rings. The first-order valence-electron chi connectivity index (χ1n) is 5.63. The summed E-state index contributed by atoms with van der Waals surface area (Å²) >= 11 is 0. The third kappa shape index (κ3) is 3.20. The van der Waals surface area contributed by atoms with E-state index in [2.05, 4.69) is 0 Å². The first-order valence-corrected chi connectivity index (χ1v) is 5.63. The molecule has 0 radical (unpaired) electrons. The molecule has 5 heteroatoms. The molecular weight excluding hydrogens is 235 g/mol. The predicted molar refractivity (Wildman–Crippen MR) is 64.8 cm³/mol. The van der Waals surface area contributed by atoms with E-state index in [4.69, 9.17) is 10.00 Å². The van der Waals surface area contributed by atoms with Gasteiger partial charge in [0.2, 0.25) is 0 Å². The molecule has 0 aliphatic carbocycles. The van der Waals surface area contributed by atoms with Crippen molar-refractivity contribution in [2.24, 2.45) is 0 Å². The summed E-state index contributed by atoms with van der Waals surface area (Å²) in [5.74, 6) is -0.697. The molecule has 1 rings (SSSR count). The summed E-state index contributed by atoms with van der Waals surface area (Å²) in [7, 11) is 1.35. The number of halogens is 1. The minimum atomic E-state index is -0.505. The largest absolute Gasteiger partial charge is 0.494 e. The van der Waals surface area contributed by atoms with Gasteiger partial charge in [-0.1, -0.05) is 0 Å². The summed E-state index contributed by atoms with van der Waals surface area (Å²) in [6, 6.07) is 5.97. The Morgan fingerprint density at radius 3 is 2.83 bits per heavy atom. The van der Waals surface area contributed by atoms with E-state index < -0.39 is 5.82 Å². The number of ether oxygens (including phenoxy) is 1. The van der Waals surface area contributed by atoms with Crippen molar-refractivity contribution < 1.29 is 13.9 Å². The van der Waals surface area contributed by atoms with E-state index in [-0.39, 0.29) is 18.1 Å². The predicted octanol–water partition coefficient (Wildman–Crippen LogP) is 2.21. The molecule has 1 aromatic rings. The summed E-state index contributed by atoms with van der Waals surface area (Å²) in [5, 5.41) is 8.52. The third-order valence-corrected chi connectivity index (χ3v) is 2.56. The Morgan fingerprint density at radius 1 is 1.56 bits per heavy atom. The second-order valence-corrected chi connectivity index (χ2v) is 3.64. The van der Waals surface area contributed by atoms with E-state index in [0.29, 0.717) is 18.7 Å². The van der Waals surface area contributed by atoms with Crippen molar-refractivity contribution in [2.45, 2.75) is 13.3 Å². The lowest BCUT2D eigenvalue weighted by molar-refractivity contribution is 0.0767. The van der Waals surface area contributed by atoms with Gasteiger partial charge in [0.25, 0.3) is 5.91 Å². The van der Waals surface area contributed by atoms with Gasteiger partial charge in [-0.25, -0.2) is 4.39 Å². The fourth-order valence-corrected chi connectivity index (χ4v) is 1.56. The van der Waals surface area contributed by atoms with Gasteiger partial charge >= 0.3 is 0 Å². The van der Waals surface area contributed by atoms with Gasteiger partial charge in [0.1, 0.15) is 0 Å². The molecule has 0 aromatic heterocycles. The van der Waals surface area contributed by atoms with E-state index in [1.807, 2.05) is 13.0 Å². The van der Waals surface area contributed by atoms with Gasteiger partial charge in [-0.3, -0.25) is 4.79 Å². The number of rotatable bonds is 5. The molecule has 1 amide bonds. The van der Waals surface area contributed by atoms with Crippen LogP contribution >= 0.6 is 0 Å². The van der Waals surface area contributed by atoms with Crippen molar-refractivity contribution in [2.75, 3.05) is 20.2 Å². The molecule has 0 unspecified atom stereocenters. The van der Waals surface area contributed by atoms with Gasteiger partial charge in [0.15, 0.2) is 11.6 Å². The van der Waals surface area contributed by atoms with Crippen LogP contribution in [0.5, 0.6) is 5.75 Å². The van der Waals surface area contributed by atoms with Crippen molar-refractivity contribution in [3.63, 3.8) is 0 Å². The second kappa shape index (κ2) is 6.60. The lowest BCUT2D eigenvalue weighted by atomic mass is 10.1. The molecule has 96 valence electrons.